The molecular weight excluding hydrogens is 234 g/mol. The van der Waals surface area contributed by atoms with Gasteiger partial charge in [-0.1, -0.05) is 13.0 Å². The van der Waals surface area contributed by atoms with Crippen LogP contribution in [0.25, 0.3) is 0 Å². The van der Waals surface area contributed by atoms with Crippen LogP contribution in [0.4, 0.5) is 5.82 Å². The minimum absolute atomic E-state index is 0.147. The van der Waals surface area contributed by atoms with Crippen LogP contribution in [0.3, 0.4) is 0 Å². The predicted molar refractivity (Wildman–Crippen MR) is 68.8 cm³/mol. The van der Waals surface area contributed by atoms with Gasteiger partial charge in [0.15, 0.2) is 5.82 Å². The van der Waals surface area contributed by atoms with E-state index in [1.165, 1.54) is 15.7 Å². The topological polar surface area (TPSA) is 75.4 Å². The molecule has 18 heavy (non-hydrogen) atoms. The number of carboxylic acids is 1. The number of nitrogens with zero attached hydrogens (tertiary/aromatic N) is 3. The molecule has 0 aliphatic carbocycles. The van der Waals surface area contributed by atoms with Crippen LogP contribution in [-0.2, 0) is 11.3 Å². The Bertz CT molecular complexity index is 482. The van der Waals surface area contributed by atoms with Crippen LogP contribution in [0, 0.1) is 0 Å². The van der Waals surface area contributed by atoms with Crippen molar-refractivity contribution in [1.29, 1.82) is 0 Å². The molecule has 1 aromatic heterocycles. The number of hydrogen-bond acceptors (Lipinski definition) is 4. The quantitative estimate of drug-likeness (QED) is 0.723. The highest BCUT2D eigenvalue weighted by molar-refractivity contribution is 5.73. The first kappa shape index (κ1) is 14.0. The van der Waals surface area contributed by atoms with Crippen LogP contribution in [0.1, 0.15) is 13.3 Å². The van der Waals surface area contributed by atoms with Crippen LogP contribution in [0.2, 0.25) is 0 Å². The lowest BCUT2D eigenvalue weighted by Crippen LogP contribution is -2.37. The molecular formula is C12H17N3O3. The van der Waals surface area contributed by atoms with Crippen molar-refractivity contribution >= 4 is 11.8 Å². The van der Waals surface area contributed by atoms with Gasteiger partial charge in [0.1, 0.15) is 6.54 Å². The third kappa shape index (κ3) is 3.44. The van der Waals surface area contributed by atoms with Crippen LogP contribution in [0.15, 0.2) is 29.8 Å². The van der Waals surface area contributed by atoms with Crippen LogP contribution >= 0.6 is 0 Å². The van der Waals surface area contributed by atoms with E-state index in [-0.39, 0.29) is 24.5 Å². The maximum atomic E-state index is 12.1. The second-order valence-electron chi connectivity index (χ2n) is 3.81. The first-order valence-corrected chi connectivity index (χ1v) is 5.73. The molecule has 1 rings (SSSR count). The molecule has 0 bridgehead atoms. The lowest BCUT2D eigenvalue weighted by atomic mass is 10.4. The number of carbonyl (C=O) groups is 1. The van der Waals surface area contributed by atoms with Gasteiger partial charge in [-0.2, -0.15) is 0 Å². The first-order chi connectivity index (χ1) is 8.60. The Kier molecular flexibility index (Phi) is 5.10. The highest BCUT2D eigenvalue weighted by Gasteiger charge is 2.15. The Hall–Kier alpha value is -2.11. The molecule has 6 heteroatoms. The summed E-state index contributed by atoms with van der Waals surface area (Å²) in [5, 5.41) is 8.82. The molecule has 0 aliphatic rings. The van der Waals surface area contributed by atoms with Gasteiger partial charge in [0.05, 0.1) is 0 Å². The van der Waals surface area contributed by atoms with Gasteiger partial charge in [-0.25, -0.2) is 4.98 Å². The third-order valence-corrected chi connectivity index (χ3v) is 2.34. The van der Waals surface area contributed by atoms with E-state index >= 15 is 0 Å². The normalized spacial score (nSPS) is 10.1. The Balaban J connectivity index is 3.11. The van der Waals surface area contributed by atoms with Crippen molar-refractivity contribution in [2.45, 2.75) is 19.9 Å². The fourth-order valence-electron chi connectivity index (χ4n) is 1.61. The number of hydrogen-bond donors (Lipinski definition) is 1. The smallest absolute Gasteiger partial charge is 0.323 e. The number of rotatable bonds is 7. The first-order valence-electron chi connectivity index (χ1n) is 5.73. The van der Waals surface area contributed by atoms with E-state index in [1.54, 1.807) is 12.3 Å². The van der Waals surface area contributed by atoms with E-state index < -0.39 is 5.97 Å². The molecule has 0 aliphatic heterocycles. The lowest BCUT2D eigenvalue weighted by Gasteiger charge is -2.19. The number of aryl methyl sites for hydroxylation is 1. The third-order valence-electron chi connectivity index (χ3n) is 2.34. The van der Waals surface area contributed by atoms with Gasteiger partial charge in [-0.15, -0.1) is 6.58 Å². The molecule has 0 spiro atoms. The zero-order valence-corrected chi connectivity index (χ0v) is 10.4. The summed E-state index contributed by atoms with van der Waals surface area (Å²) in [4.78, 5) is 28.2. The minimum Gasteiger partial charge on any atom is -0.480 e. The maximum Gasteiger partial charge on any atom is 0.323 e. The zero-order valence-electron chi connectivity index (χ0n) is 10.4. The molecule has 0 atom stereocenters. The fourth-order valence-corrected chi connectivity index (χ4v) is 1.61. The maximum absolute atomic E-state index is 12.1. The molecule has 1 heterocycles. The zero-order chi connectivity index (χ0) is 13.5. The van der Waals surface area contributed by atoms with Gasteiger partial charge in [-0.05, 0) is 6.42 Å². The standard InChI is InChI=1S/C12H17N3O3/c1-3-6-14-8-5-13-11(12(14)18)15(7-4-2)9-10(16)17/h4-5,8H,2-3,6-7,9H2,1H3,(H,16,17). The second kappa shape index (κ2) is 6.58. The van der Waals surface area contributed by atoms with Crippen molar-refractivity contribution < 1.29 is 9.90 Å². The number of carboxylic acid groups (broad SMARTS) is 1. The van der Waals surface area contributed by atoms with Gasteiger partial charge in [-0.3, -0.25) is 9.59 Å². The van der Waals surface area contributed by atoms with Crippen molar-refractivity contribution in [2.24, 2.45) is 0 Å². The lowest BCUT2D eigenvalue weighted by molar-refractivity contribution is -0.135. The Morgan fingerprint density at radius 1 is 1.67 bits per heavy atom. The minimum atomic E-state index is -1.01. The Labute approximate surface area is 105 Å². The SMILES string of the molecule is C=CCN(CC(=O)O)c1nccn(CCC)c1=O. The van der Waals surface area contributed by atoms with Crippen LogP contribution in [0.5, 0.6) is 0 Å². The molecule has 1 N–H and O–H groups in total. The second-order valence-corrected chi connectivity index (χ2v) is 3.81. The van der Waals surface area contributed by atoms with E-state index in [4.69, 9.17) is 5.11 Å². The van der Waals surface area contributed by atoms with E-state index in [0.29, 0.717) is 6.54 Å². The van der Waals surface area contributed by atoms with E-state index in [2.05, 4.69) is 11.6 Å². The average Bonchev–Trinajstić information content (AvgIpc) is 2.31. The van der Waals surface area contributed by atoms with Gasteiger partial charge >= 0.3 is 5.97 Å². The fraction of sp³-hybridized carbons (Fsp3) is 0.417. The van der Waals surface area contributed by atoms with Gasteiger partial charge in [0.2, 0.25) is 0 Å². The number of aromatic nitrogens is 2. The molecule has 1 aromatic rings. The summed E-state index contributed by atoms with van der Waals surface area (Å²) in [5.41, 5.74) is -0.276. The summed E-state index contributed by atoms with van der Waals surface area (Å²) in [6.45, 7) is 6.10. The summed E-state index contributed by atoms with van der Waals surface area (Å²) >= 11 is 0. The summed E-state index contributed by atoms with van der Waals surface area (Å²) < 4.78 is 1.53. The molecule has 98 valence electrons. The van der Waals surface area contributed by atoms with Crippen LogP contribution in [-0.4, -0.2) is 33.7 Å². The monoisotopic (exact) mass is 251 g/mol. The molecule has 6 nitrogen and oxygen atoms in total. The molecule has 0 saturated heterocycles. The highest BCUT2D eigenvalue weighted by Crippen LogP contribution is 2.03. The summed E-state index contributed by atoms with van der Waals surface area (Å²) in [6, 6.07) is 0. The molecule has 0 amide bonds. The van der Waals surface area contributed by atoms with Crippen molar-refractivity contribution in [2.75, 3.05) is 18.0 Å². The molecule has 0 radical (unpaired) electrons. The summed E-state index contributed by atoms with van der Waals surface area (Å²) in [7, 11) is 0. The van der Waals surface area contributed by atoms with Crippen molar-refractivity contribution in [3.05, 3.63) is 35.4 Å². The Morgan fingerprint density at radius 2 is 2.39 bits per heavy atom. The molecule has 0 saturated carbocycles. The van der Waals surface area contributed by atoms with Crippen molar-refractivity contribution in [3.63, 3.8) is 0 Å². The average molecular weight is 251 g/mol. The van der Waals surface area contributed by atoms with Gasteiger partial charge < -0.3 is 14.6 Å². The van der Waals surface area contributed by atoms with Crippen LogP contribution < -0.4 is 10.5 Å². The van der Waals surface area contributed by atoms with E-state index in [1.807, 2.05) is 6.92 Å². The van der Waals surface area contributed by atoms with Crippen molar-refractivity contribution in [3.8, 4) is 0 Å². The number of aliphatic carboxylic acids is 1. The van der Waals surface area contributed by atoms with E-state index in [0.717, 1.165) is 6.42 Å². The van der Waals surface area contributed by atoms with Crippen molar-refractivity contribution in [1.82, 2.24) is 9.55 Å². The highest BCUT2D eigenvalue weighted by atomic mass is 16.4. The Morgan fingerprint density at radius 3 is 2.94 bits per heavy atom. The van der Waals surface area contributed by atoms with E-state index in [9.17, 15) is 9.59 Å². The van der Waals surface area contributed by atoms with Gasteiger partial charge in [0.25, 0.3) is 5.56 Å². The summed E-state index contributed by atoms with van der Waals surface area (Å²) in [6.07, 6.45) is 5.47. The predicted octanol–water partition coefficient (Wildman–Crippen LogP) is 0.730. The largest absolute Gasteiger partial charge is 0.480 e. The molecule has 0 unspecified atom stereocenters. The molecule has 0 fully saturated rings. The van der Waals surface area contributed by atoms with Gasteiger partial charge in [0, 0.05) is 25.5 Å². The summed E-state index contributed by atoms with van der Waals surface area (Å²) in [5.74, 6) is -0.864. The number of anilines is 1. The molecule has 0 aromatic carbocycles.